The first-order valence-electron chi connectivity index (χ1n) is 12.8. The van der Waals surface area contributed by atoms with Gasteiger partial charge in [-0.1, -0.05) is 12.6 Å². The molecule has 10 nitrogen and oxygen atoms in total. The predicted octanol–water partition coefficient (Wildman–Crippen LogP) is 3.28. The third-order valence-corrected chi connectivity index (χ3v) is 7.45. The first-order chi connectivity index (χ1) is 18.7. The Morgan fingerprint density at radius 2 is 1.92 bits per heavy atom. The van der Waals surface area contributed by atoms with Crippen molar-refractivity contribution in [3.63, 3.8) is 0 Å². The van der Waals surface area contributed by atoms with Crippen molar-refractivity contribution in [1.29, 1.82) is 5.26 Å². The Morgan fingerprint density at radius 3 is 2.54 bits per heavy atom. The van der Waals surface area contributed by atoms with Crippen LogP contribution in [-0.2, 0) is 4.79 Å². The molecule has 0 radical (unpaired) electrons. The topological polar surface area (TPSA) is 104 Å². The molecule has 4 aliphatic rings. The van der Waals surface area contributed by atoms with Crippen molar-refractivity contribution in [2.45, 2.75) is 25.6 Å². The average molecular weight is 541 g/mol. The molecule has 3 saturated heterocycles. The second kappa shape index (κ2) is 10.3. The Bertz CT molecular complexity index is 1320. The number of nitriles is 1. The number of nitrogens with zero attached hydrogens (tertiary/aromatic N) is 6. The Hall–Kier alpha value is -3.98. The monoisotopic (exact) mass is 540 g/mol. The van der Waals surface area contributed by atoms with Gasteiger partial charge >= 0.3 is 12.3 Å². The van der Waals surface area contributed by atoms with Crippen LogP contribution in [0.15, 0.2) is 30.9 Å². The lowest BCUT2D eigenvalue weighted by molar-refractivity contribution is -0.286. The minimum absolute atomic E-state index is 0.0136. The number of methoxy groups -OCH3 is 1. The van der Waals surface area contributed by atoms with Gasteiger partial charge in [0.1, 0.15) is 17.3 Å². The van der Waals surface area contributed by atoms with Gasteiger partial charge in [0.2, 0.25) is 5.91 Å². The summed E-state index contributed by atoms with van der Waals surface area (Å²) in [5.74, 6) is -0.129. The molecule has 0 atom stereocenters. The highest BCUT2D eigenvalue weighted by Gasteiger charge is 2.50. The van der Waals surface area contributed by atoms with E-state index in [-0.39, 0.29) is 45.7 Å². The number of fused-ring (bicyclic) bond motifs is 1. The van der Waals surface area contributed by atoms with Crippen LogP contribution >= 0.6 is 0 Å². The number of carbonyl (C=O) groups is 1. The van der Waals surface area contributed by atoms with Gasteiger partial charge in [0.15, 0.2) is 17.3 Å². The fourth-order valence-corrected chi connectivity index (χ4v) is 5.50. The zero-order valence-corrected chi connectivity index (χ0v) is 22.0. The quantitative estimate of drug-likeness (QED) is 0.541. The Morgan fingerprint density at radius 1 is 1.18 bits per heavy atom. The van der Waals surface area contributed by atoms with Gasteiger partial charge in [-0.05, 0) is 57.6 Å². The van der Waals surface area contributed by atoms with Crippen LogP contribution in [0.25, 0.3) is 11.3 Å². The molecule has 39 heavy (non-hydrogen) atoms. The summed E-state index contributed by atoms with van der Waals surface area (Å²) in [7, 11) is 3.56. The summed E-state index contributed by atoms with van der Waals surface area (Å²) in [5, 5.41) is 10.0. The lowest BCUT2D eigenvalue weighted by atomic mass is 9.79. The van der Waals surface area contributed by atoms with Gasteiger partial charge in [0.25, 0.3) is 0 Å². The highest BCUT2D eigenvalue weighted by atomic mass is 19.3. The molecule has 0 saturated carbocycles. The van der Waals surface area contributed by atoms with E-state index in [9.17, 15) is 18.8 Å². The molecule has 1 amide bonds. The number of hydrogen-bond acceptors (Lipinski definition) is 9. The summed E-state index contributed by atoms with van der Waals surface area (Å²) < 4.78 is 41.9. The highest BCUT2D eigenvalue weighted by molar-refractivity contribution is 5.88. The van der Waals surface area contributed by atoms with Crippen LogP contribution in [0.3, 0.4) is 0 Å². The number of anilines is 1. The van der Waals surface area contributed by atoms with E-state index in [2.05, 4.69) is 39.3 Å². The lowest BCUT2D eigenvalue weighted by Gasteiger charge is -2.47. The number of alkyl halides is 2. The maximum Gasteiger partial charge on any atom is 0.586 e. The van der Waals surface area contributed by atoms with Crippen LogP contribution in [0.4, 0.5) is 14.6 Å². The largest absolute Gasteiger partial charge is 0.586 e. The van der Waals surface area contributed by atoms with Gasteiger partial charge in [-0.25, -0.2) is 0 Å². The van der Waals surface area contributed by atoms with Crippen molar-refractivity contribution in [2.24, 2.45) is 5.41 Å². The first kappa shape index (κ1) is 26.6. The van der Waals surface area contributed by atoms with E-state index < -0.39 is 6.29 Å². The summed E-state index contributed by atoms with van der Waals surface area (Å²) in [6.45, 7) is 8.53. The zero-order valence-electron chi connectivity index (χ0n) is 22.0. The van der Waals surface area contributed by atoms with Crippen molar-refractivity contribution >= 4 is 11.7 Å². The number of carbonyl (C=O) groups excluding carboxylic acids is 1. The number of amides is 1. The van der Waals surface area contributed by atoms with E-state index >= 15 is 0 Å². The summed E-state index contributed by atoms with van der Waals surface area (Å²) in [6, 6.07) is 6.49. The number of likely N-dealkylation sites (tertiary alicyclic amines) is 2. The summed E-state index contributed by atoms with van der Waals surface area (Å²) in [6.07, 6.45) is 1.12. The van der Waals surface area contributed by atoms with Crippen LogP contribution in [0.2, 0.25) is 0 Å². The molecule has 1 aromatic carbocycles. The van der Waals surface area contributed by atoms with Crippen LogP contribution < -0.4 is 19.1 Å². The normalized spacial score (nSPS) is 20.2. The molecule has 0 aliphatic carbocycles. The number of rotatable bonds is 4. The summed E-state index contributed by atoms with van der Waals surface area (Å²) in [5.41, 5.74) is 0.286. The van der Waals surface area contributed by atoms with Gasteiger partial charge in [-0.3, -0.25) is 4.79 Å². The lowest BCUT2D eigenvalue weighted by Crippen LogP contribution is -2.59. The number of hydrogen-bond donors (Lipinski definition) is 0. The number of para-hydroxylation sites is 1. The van der Waals surface area contributed by atoms with Gasteiger partial charge in [-0.2, -0.15) is 15.2 Å². The van der Waals surface area contributed by atoms with Crippen molar-refractivity contribution in [2.75, 3.05) is 58.3 Å². The van der Waals surface area contributed by atoms with Gasteiger partial charge in [0, 0.05) is 37.2 Å². The smallest absolute Gasteiger partial charge is 0.467 e. The van der Waals surface area contributed by atoms with E-state index in [0.29, 0.717) is 32.0 Å². The first-order valence-corrected chi connectivity index (χ1v) is 12.8. The minimum Gasteiger partial charge on any atom is -0.467 e. The van der Waals surface area contributed by atoms with Crippen molar-refractivity contribution in [1.82, 2.24) is 19.8 Å². The Labute approximate surface area is 225 Å². The molecule has 0 N–H and O–H groups in total. The number of aromatic nitrogens is 2. The predicted molar refractivity (Wildman–Crippen MR) is 138 cm³/mol. The maximum atomic E-state index is 13.7. The van der Waals surface area contributed by atoms with Crippen LogP contribution in [0, 0.1) is 16.7 Å². The molecule has 2 aromatic rings. The molecule has 206 valence electrons. The maximum absolute atomic E-state index is 13.7. The van der Waals surface area contributed by atoms with Crippen LogP contribution in [-0.4, -0.2) is 85.4 Å². The Kier molecular flexibility index (Phi) is 7.03. The van der Waals surface area contributed by atoms with E-state index in [4.69, 9.17) is 9.47 Å². The van der Waals surface area contributed by atoms with Crippen molar-refractivity contribution in [3.05, 3.63) is 36.4 Å². The number of benzene rings is 1. The second-order valence-electron chi connectivity index (χ2n) is 10.3. The molecule has 0 unspecified atom stereocenters. The molecule has 12 heteroatoms. The van der Waals surface area contributed by atoms with E-state index in [1.807, 2.05) is 4.90 Å². The molecule has 5 heterocycles. The molecular weight excluding hydrogens is 510 g/mol. The average Bonchev–Trinajstić information content (AvgIpc) is 3.64. The number of ether oxygens (including phenoxy) is 3. The molecule has 1 aromatic heterocycles. The zero-order chi connectivity index (χ0) is 27.8. The van der Waals surface area contributed by atoms with Gasteiger partial charge < -0.3 is 28.9 Å². The van der Waals surface area contributed by atoms with E-state index in [1.54, 1.807) is 4.90 Å². The Balaban J connectivity index is 0.000000455. The fourth-order valence-electron chi connectivity index (χ4n) is 5.50. The van der Waals surface area contributed by atoms with Crippen LogP contribution in [0.5, 0.6) is 17.5 Å². The number of halogens is 2. The third kappa shape index (κ3) is 5.18. The van der Waals surface area contributed by atoms with E-state index in [0.717, 1.165) is 6.42 Å². The van der Waals surface area contributed by atoms with Gasteiger partial charge in [-0.15, -0.1) is 8.78 Å². The highest BCUT2D eigenvalue weighted by Crippen LogP contribution is 2.49. The SMILES string of the molecule is C=CC(=O)N1CC2(CCN(c3nc(OC)nc(-c4cccc5c4OC(F)(F)O5)c3C#N)C2)C1.CN1CCCC1. The van der Waals surface area contributed by atoms with E-state index in [1.165, 1.54) is 57.3 Å². The minimum atomic E-state index is -3.81. The standard InChI is InChI=1S/C22H19F2N5O4.C5H11N/c1-3-16(30)29-11-21(12-29)7-8-28(10-21)19-14(9-25)17(26-20(27-19)31-2)13-5-4-6-15-18(13)33-22(23,24)32-15;1-6-4-2-3-5-6/h3-6H,1,7-8,10-12H2,2H3;2-5H2,1H3. The molecule has 0 bridgehead atoms. The molecule has 4 aliphatic heterocycles. The second-order valence-corrected chi connectivity index (χ2v) is 10.3. The fraction of sp³-hybridized carbons (Fsp3) is 0.481. The summed E-state index contributed by atoms with van der Waals surface area (Å²) in [4.78, 5) is 26.6. The van der Waals surface area contributed by atoms with Gasteiger partial charge in [0.05, 0.1) is 7.11 Å². The summed E-state index contributed by atoms with van der Waals surface area (Å²) >= 11 is 0. The van der Waals surface area contributed by atoms with Crippen LogP contribution in [0.1, 0.15) is 24.8 Å². The van der Waals surface area contributed by atoms with Crippen molar-refractivity contribution < 1.29 is 27.8 Å². The molecule has 1 spiro atoms. The molecule has 3 fully saturated rings. The molecule has 6 rings (SSSR count). The van der Waals surface area contributed by atoms with Crippen molar-refractivity contribution in [3.8, 4) is 34.8 Å². The molecular formula is C27H30F2N6O4. The third-order valence-electron chi connectivity index (χ3n) is 7.45.